The lowest BCUT2D eigenvalue weighted by Gasteiger charge is -2.17. The average Bonchev–Trinajstić information content (AvgIpc) is 2.24. The fourth-order valence-electron chi connectivity index (χ4n) is 1.48. The Hall–Kier alpha value is -0.770. The molecule has 0 spiro atoms. The van der Waals surface area contributed by atoms with E-state index in [0.717, 1.165) is 29.3 Å². The Morgan fingerprint density at radius 3 is 2.65 bits per heavy atom. The summed E-state index contributed by atoms with van der Waals surface area (Å²) in [7, 11) is 1.62. The smallest absolute Gasteiger partial charge is 0.120 e. The van der Waals surface area contributed by atoms with E-state index in [2.05, 4.69) is 5.32 Å². The lowest BCUT2D eigenvalue weighted by atomic mass is 10.1. The summed E-state index contributed by atoms with van der Waals surface area (Å²) < 4.78 is 5.09. The lowest BCUT2D eigenvalue weighted by Crippen LogP contribution is -2.35. The van der Waals surface area contributed by atoms with Crippen molar-refractivity contribution in [1.29, 1.82) is 0 Å². The Morgan fingerprint density at radius 2 is 2.12 bits per heavy atom. The number of methoxy groups -OCH3 is 1. The zero-order valence-electron chi connectivity index (χ0n) is 10.6. The van der Waals surface area contributed by atoms with Crippen molar-refractivity contribution < 1.29 is 9.84 Å². The third-order valence-electron chi connectivity index (χ3n) is 2.39. The third-order valence-corrected chi connectivity index (χ3v) is 2.74. The fraction of sp³-hybridized carbons (Fsp3) is 0.538. The first-order valence-electron chi connectivity index (χ1n) is 5.68. The van der Waals surface area contributed by atoms with Crippen LogP contribution in [-0.4, -0.2) is 30.9 Å². The predicted molar refractivity (Wildman–Crippen MR) is 70.9 cm³/mol. The highest BCUT2D eigenvalue weighted by Gasteiger charge is 2.11. The Bertz CT molecular complexity index is 361. The molecule has 0 unspecified atom stereocenters. The van der Waals surface area contributed by atoms with E-state index >= 15 is 0 Å². The molecule has 0 heterocycles. The number of aliphatic hydroxyl groups is 1. The van der Waals surface area contributed by atoms with Crippen LogP contribution in [0.5, 0.6) is 5.75 Å². The maximum absolute atomic E-state index is 9.53. The summed E-state index contributed by atoms with van der Waals surface area (Å²) in [6.45, 7) is 4.91. The first kappa shape index (κ1) is 14.3. The molecule has 1 rings (SSSR count). The number of halogens is 1. The van der Waals surface area contributed by atoms with Gasteiger partial charge in [-0.25, -0.2) is 0 Å². The summed E-state index contributed by atoms with van der Waals surface area (Å²) >= 11 is 6.12. The number of hydrogen-bond acceptors (Lipinski definition) is 3. The topological polar surface area (TPSA) is 41.5 Å². The van der Waals surface area contributed by atoms with E-state index in [9.17, 15) is 5.11 Å². The molecule has 4 heteroatoms. The van der Waals surface area contributed by atoms with Gasteiger partial charge in [0.05, 0.1) is 12.7 Å². The van der Waals surface area contributed by atoms with Crippen molar-refractivity contribution in [2.45, 2.75) is 25.9 Å². The zero-order chi connectivity index (χ0) is 12.9. The van der Waals surface area contributed by atoms with Crippen LogP contribution in [0.1, 0.15) is 19.4 Å². The molecule has 17 heavy (non-hydrogen) atoms. The highest BCUT2D eigenvalue weighted by atomic mass is 35.5. The summed E-state index contributed by atoms with van der Waals surface area (Å²) in [5.74, 6) is 0.767. The minimum absolute atomic E-state index is 0.570. The summed E-state index contributed by atoms with van der Waals surface area (Å²) in [5, 5.41) is 13.4. The molecule has 0 aromatic heterocycles. The van der Waals surface area contributed by atoms with Crippen molar-refractivity contribution in [3.63, 3.8) is 0 Å². The van der Waals surface area contributed by atoms with Gasteiger partial charge in [0, 0.05) is 11.6 Å². The van der Waals surface area contributed by atoms with Crippen molar-refractivity contribution in [3.8, 4) is 5.75 Å². The number of benzene rings is 1. The molecule has 0 bridgehead atoms. The quantitative estimate of drug-likeness (QED) is 0.768. The van der Waals surface area contributed by atoms with Crippen molar-refractivity contribution >= 4 is 11.6 Å². The Balaban J connectivity index is 2.42. The molecule has 0 atom stereocenters. The van der Waals surface area contributed by atoms with Crippen LogP contribution in [0.2, 0.25) is 5.02 Å². The Kier molecular flexibility index (Phi) is 5.25. The second kappa shape index (κ2) is 6.24. The van der Waals surface area contributed by atoms with Gasteiger partial charge in [0.25, 0.3) is 0 Å². The number of ether oxygens (including phenoxy) is 1. The van der Waals surface area contributed by atoms with Crippen molar-refractivity contribution in [2.24, 2.45) is 0 Å². The van der Waals surface area contributed by atoms with E-state index in [1.807, 2.05) is 18.2 Å². The van der Waals surface area contributed by atoms with E-state index in [4.69, 9.17) is 16.3 Å². The van der Waals surface area contributed by atoms with E-state index < -0.39 is 5.60 Å². The van der Waals surface area contributed by atoms with E-state index in [1.165, 1.54) is 0 Å². The molecule has 0 fully saturated rings. The highest BCUT2D eigenvalue weighted by Crippen LogP contribution is 2.22. The second-order valence-corrected chi connectivity index (χ2v) is 5.10. The van der Waals surface area contributed by atoms with Gasteiger partial charge in [-0.2, -0.15) is 0 Å². The molecule has 0 saturated carbocycles. The van der Waals surface area contributed by atoms with Crippen LogP contribution in [0.15, 0.2) is 18.2 Å². The van der Waals surface area contributed by atoms with Crippen molar-refractivity contribution in [2.75, 3.05) is 20.2 Å². The summed E-state index contributed by atoms with van der Waals surface area (Å²) in [6, 6.07) is 5.68. The Labute approximate surface area is 108 Å². The molecular weight excluding hydrogens is 238 g/mol. The number of nitrogens with one attached hydrogen (secondary N) is 1. The highest BCUT2D eigenvalue weighted by molar-refractivity contribution is 6.31. The molecule has 96 valence electrons. The van der Waals surface area contributed by atoms with E-state index in [-0.39, 0.29) is 0 Å². The molecule has 0 amide bonds. The lowest BCUT2D eigenvalue weighted by molar-refractivity contribution is 0.0801. The molecule has 0 aliphatic heterocycles. The first-order valence-corrected chi connectivity index (χ1v) is 6.06. The van der Waals surface area contributed by atoms with Crippen LogP contribution < -0.4 is 10.1 Å². The van der Waals surface area contributed by atoms with Gasteiger partial charge >= 0.3 is 0 Å². The molecule has 2 N–H and O–H groups in total. The first-order chi connectivity index (χ1) is 7.92. The molecule has 0 saturated heterocycles. The fourth-order valence-corrected chi connectivity index (χ4v) is 1.74. The van der Waals surface area contributed by atoms with Gasteiger partial charge in [0.2, 0.25) is 0 Å². The summed E-state index contributed by atoms with van der Waals surface area (Å²) in [4.78, 5) is 0. The third kappa shape index (κ3) is 5.39. The second-order valence-electron chi connectivity index (χ2n) is 4.70. The maximum atomic E-state index is 9.53. The maximum Gasteiger partial charge on any atom is 0.120 e. The summed E-state index contributed by atoms with van der Waals surface area (Å²) in [6.07, 6.45) is 0.832. The van der Waals surface area contributed by atoms with Gasteiger partial charge in [-0.05, 0) is 44.5 Å². The Morgan fingerprint density at radius 1 is 1.41 bits per heavy atom. The number of hydrogen-bond donors (Lipinski definition) is 2. The van der Waals surface area contributed by atoms with Crippen LogP contribution in [0, 0.1) is 0 Å². The standard InChI is InChI=1S/C13H20ClNO2/c1-13(2,16)9-15-7-6-10-4-5-11(17-3)8-12(10)14/h4-5,8,15-16H,6-7,9H2,1-3H3. The van der Waals surface area contributed by atoms with Crippen molar-refractivity contribution in [1.82, 2.24) is 5.32 Å². The monoisotopic (exact) mass is 257 g/mol. The average molecular weight is 258 g/mol. The minimum Gasteiger partial charge on any atom is -0.497 e. The van der Waals surface area contributed by atoms with Crippen LogP contribution in [0.4, 0.5) is 0 Å². The molecular formula is C13H20ClNO2. The largest absolute Gasteiger partial charge is 0.497 e. The van der Waals surface area contributed by atoms with Crippen molar-refractivity contribution in [3.05, 3.63) is 28.8 Å². The van der Waals surface area contributed by atoms with Crippen LogP contribution in [0.3, 0.4) is 0 Å². The van der Waals surface area contributed by atoms with Crippen LogP contribution >= 0.6 is 11.6 Å². The molecule has 3 nitrogen and oxygen atoms in total. The van der Waals surface area contributed by atoms with E-state index in [1.54, 1.807) is 21.0 Å². The molecule has 0 radical (unpaired) electrons. The van der Waals surface area contributed by atoms with Gasteiger partial charge in [-0.15, -0.1) is 0 Å². The number of rotatable bonds is 6. The minimum atomic E-state index is -0.677. The molecule has 0 aliphatic carbocycles. The molecule has 1 aromatic carbocycles. The van der Waals surface area contributed by atoms with Crippen LogP contribution in [-0.2, 0) is 6.42 Å². The van der Waals surface area contributed by atoms with Gasteiger partial charge in [0.15, 0.2) is 0 Å². The van der Waals surface area contributed by atoms with Gasteiger partial charge in [-0.1, -0.05) is 17.7 Å². The molecule has 0 aliphatic rings. The normalized spacial score (nSPS) is 11.6. The van der Waals surface area contributed by atoms with Gasteiger partial charge in [0.1, 0.15) is 5.75 Å². The molecule has 1 aromatic rings. The predicted octanol–water partition coefficient (Wildman–Crippen LogP) is 2.25. The summed E-state index contributed by atoms with van der Waals surface area (Å²) in [5.41, 5.74) is 0.402. The van der Waals surface area contributed by atoms with Crippen LogP contribution in [0.25, 0.3) is 0 Å². The van der Waals surface area contributed by atoms with E-state index in [0.29, 0.717) is 6.54 Å². The van der Waals surface area contributed by atoms with Gasteiger partial charge in [-0.3, -0.25) is 0 Å². The zero-order valence-corrected chi connectivity index (χ0v) is 11.3. The van der Waals surface area contributed by atoms with Gasteiger partial charge < -0.3 is 15.2 Å². The SMILES string of the molecule is COc1ccc(CCNCC(C)(C)O)c(Cl)c1.